The van der Waals surface area contributed by atoms with Crippen molar-refractivity contribution in [3.8, 4) is 43.8 Å². The van der Waals surface area contributed by atoms with E-state index in [1.807, 2.05) is 34.8 Å². The molecular weight excluding hydrogens is 1720 g/mol. The molecule has 11 aromatic rings. The zero-order valence-electron chi connectivity index (χ0n) is 78.0. The van der Waals surface area contributed by atoms with E-state index >= 15 is 27.2 Å². The molecule has 15 rings (SSSR count). The number of carbonyl (C=O) groups is 2. The molecule has 6 aromatic carbocycles. The molecule has 0 atom stereocenters. The number of nitriles is 4. The molecule has 0 saturated carbocycles. The van der Waals surface area contributed by atoms with E-state index in [0.717, 1.165) is 306 Å². The average Bonchev–Trinajstić information content (AvgIpc) is 1.48. The van der Waals surface area contributed by atoms with Gasteiger partial charge in [0.15, 0.2) is 34.8 Å². The molecule has 0 N–H and O–H groups in total. The molecule has 0 bridgehead atoms. The van der Waals surface area contributed by atoms with E-state index in [1.54, 1.807) is 46.2 Å². The third-order valence-electron chi connectivity index (χ3n) is 27.8. The first kappa shape index (κ1) is 95.9. The third kappa shape index (κ3) is 19.4. The standard InChI is InChI=1S/C116H124F4N4O2S5/c1-9-17-25-33-41-73-49-74(42-34-26-18-10-2)54-83(53-73)115(84-55-75(43-35-27-19-11-3)50-76(56-84)44-36-28-20-12-4)95-63-87(61-93-101(81(69-121)70-122)89-65-96(117)98(119)67-91(89)106(93)125)127-108(95)110-104(115)112-114(130-110)105-113(131-112)111-103(109-100(129-111)64-88(128-109)62-94-102(82(71-123)72-124)90-66-97(118)99(120)68-92(90)107(94)126)116(105,85-57-77(45-37-29-21-13-5)51-78(58-85)46-38-30-22-14-6)86-59-79(47-39-31-23-15-7)52-80(60-86)48-40-32-24-16-8/h49-68H,9-48H2,1-8H3/b93-61-,94-62+. The number of aryl methyl sites for hydroxylation is 8. The summed E-state index contributed by atoms with van der Waals surface area (Å²) in [7, 11) is 0. The van der Waals surface area contributed by atoms with Gasteiger partial charge in [-0.15, -0.1) is 56.7 Å². The molecule has 4 aliphatic carbocycles. The maximum atomic E-state index is 15.8. The van der Waals surface area contributed by atoms with Crippen LogP contribution in [0.4, 0.5) is 17.6 Å². The number of benzene rings is 6. The van der Waals surface area contributed by atoms with E-state index < -0.39 is 45.7 Å². The smallest absolute Gasteiger partial charge is 0.194 e. The van der Waals surface area contributed by atoms with Gasteiger partial charge in [0.1, 0.15) is 35.4 Å². The highest BCUT2D eigenvalue weighted by Gasteiger charge is 2.57. The minimum atomic E-state index is -1.20. The van der Waals surface area contributed by atoms with Crippen LogP contribution in [0.5, 0.6) is 0 Å². The summed E-state index contributed by atoms with van der Waals surface area (Å²) in [5.74, 6) is -5.94. The second-order valence-corrected chi connectivity index (χ2v) is 42.6. The second-order valence-electron chi connectivity index (χ2n) is 37.3. The Morgan fingerprint density at radius 1 is 0.290 bits per heavy atom. The van der Waals surface area contributed by atoms with Crippen molar-refractivity contribution >= 4 is 110 Å². The molecule has 5 aromatic heterocycles. The minimum absolute atomic E-state index is 0.0102. The van der Waals surface area contributed by atoms with Crippen molar-refractivity contribution < 1.29 is 27.2 Å². The number of hydrogen-bond donors (Lipinski definition) is 0. The summed E-state index contributed by atoms with van der Waals surface area (Å²) < 4.78 is 67.0. The molecule has 678 valence electrons. The zero-order valence-corrected chi connectivity index (χ0v) is 82.1. The van der Waals surface area contributed by atoms with Gasteiger partial charge in [-0.3, -0.25) is 9.59 Å². The van der Waals surface area contributed by atoms with Crippen molar-refractivity contribution in [1.82, 2.24) is 0 Å². The molecule has 4 aliphatic rings. The Labute approximate surface area is 795 Å². The largest absolute Gasteiger partial charge is 0.289 e. The van der Waals surface area contributed by atoms with Crippen LogP contribution in [0.3, 0.4) is 0 Å². The van der Waals surface area contributed by atoms with Crippen LogP contribution < -0.4 is 0 Å². The summed E-state index contributed by atoms with van der Waals surface area (Å²) in [4.78, 5) is 36.5. The second kappa shape index (κ2) is 44.0. The molecule has 6 nitrogen and oxygen atoms in total. The van der Waals surface area contributed by atoms with Gasteiger partial charge in [-0.25, -0.2) is 17.6 Å². The fourth-order valence-electron chi connectivity index (χ4n) is 21.3. The summed E-state index contributed by atoms with van der Waals surface area (Å²) in [6, 6.07) is 47.0. The Morgan fingerprint density at radius 3 is 0.863 bits per heavy atom. The number of rotatable bonds is 46. The predicted octanol–water partition coefficient (Wildman–Crippen LogP) is 34.7. The normalized spacial score (nSPS) is 14.4. The summed E-state index contributed by atoms with van der Waals surface area (Å²) in [5, 5.41) is 43.1. The topological polar surface area (TPSA) is 129 Å². The predicted molar refractivity (Wildman–Crippen MR) is 542 cm³/mol. The van der Waals surface area contributed by atoms with Crippen LogP contribution in [-0.2, 0) is 62.2 Å². The van der Waals surface area contributed by atoms with Crippen molar-refractivity contribution in [3.63, 3.8) is 0 Å². The SMILES string of the molecule is CCCCCCc1cc(CCCCCC)cc(C2(c3cc(CCCCCC)cc(CCCCCC)c3)c3cc(/C=C4\C(=O)c5cc(F)c(F)cc5C4=C(C#N)C#N)sc3-c3sc4c5c(sc4c32)-c2sc3cc(/C=C4/C(=O)c6cc(F)c(F)cc6C4=C(C#N)C#N)sc3c2C5(c2cc(CCCCCC)cc(CCCCCC)c2)c2cc(CCCCCC)cc(CCCCCC)c2)c1. The number of ketones is 2. The molecule has 0 unspecified atom stereocenters. The number of fused-ring (bicyclic) bond motifs is 13. The van der Waals surface area contributed by atoms with Crippen LogP contribution in [0.2, 0.25) is 0 Å². The summed E-state index contributed by atoms with van der Waals surface area (Å²) in [5.41, 5.74) is 17.1. The van der Waals surface area contributed by atoms with Crippen molar-refractivity contribution in [2.75, 3.05) is 0 Å². The number of unbranched alkanes of at least 4 members (excludes halogenated alkanes) is 24. The van der Waals surface area contributed by atoms with Crippen LogP contribution >= 0.6 is 56.7 Å². The highest BCUT2D eigenvalue weighted by molar-refractivity contribution is 7.36. The van der Waals surface area contributed by atoms with Gasteiger partial charge >= 0.3 is 0 Å². The lowest BCUT2D eigenvalue weighted by Gasteiger charge is -2.35. The number of thiophene rings is 5. The molecule has 5 heterocycles. The highest BCUT2D eigenvalue weighted by Crippen LogP contribution is 2.72. The van der Waals surface area contributed by atoms with Crippen molar-refractivity contribution in [1.29, 1.82) is 21.0 Å². The Morgan fingerprint density at radius 2 is 0.557 bits per heavy atom. The van der Waals surface area contributed by atoms with Crippen LogP contribution in [0, 0.1) is 68.6 Å². The van der Waals surface area contributed by atoms with Crippen molar-refractivity contribution in [3.05, 3.63) is 276 Å². The van der Waals surface area contributed by atoms with E-state index in [-0.39, 0.29) is 55.7 Å². The Bertz CT molecular complexity index is 6130. The van der Waals surface area contributed by atoms with Gasteiger partial charge < -0.3 is 0 Å². The van der Waals surface area contributed by atoms with Gasteiger partial charge in [0.05, 0.1) is 44.4 Å². The van der Waals surface area contributed by atoms with Crippen LogP contribution in [0.25, 0.3) is 61.6 Å². The zero-order chi connectivity index (χ0) is 92.0. The van der Waals surface area contributed by atoms with Gasteiger partial charge in [-0.05, 0) is 235 Å². The van der Waals surface area contributed by atoms with Gasteiger partial charge in [0.2, 0.25) is 0 Å². The van der Waals surface area contributed by atoms with Gasteiger partial charge in [-0.2, -0.15) is 21.0 Å². The number of halogens is 4. The number of hydrogen-bond acceptors (Lipinski definition) is 11. The van der Waals surface area contributed by atoms with E-state index in [9.17, 15) is 21.0 Å². The lowest BCUT2D eigenvalue weighted by Crippen LogP contribution is -2.30. The van der Waals surface area contributed by atoms with Gasteiger partial charge in [-0.1, -0.05) is 282 Å². The molecule has 15 heteroatoms. The number of Topliss-reactive ketones (excluding diaryl/α,β-unsaturated/α-hetero) is 2. The molecule has 0 radical (unpaired) electrons. The molecule has 0 amide bonds. The monoisotopic (exact) mass is 1840 g/mol. The third-order valence-corrected chi connectivity index (χ3v) is 34.1. The van der Waals surface area contributed by atoms with Crippen LogP contribution in [0.1, 0.15) is 391 Å². The quantitative estimate of drug-likeness (QED) is 0.0162. The fourth-order valence-corrected chi connectivity index (χ4v) is 28.5. The average molecular weight is 1840 g/mol. The Balaban J connectivity index is 1.12. The van der Waals surface area contributed by atoms with Crippen molar-refractivity contribution in [2.45, 2.75) is 323 Å². The summed E-state index contributed by atoms with van der Waals surface area (Å²) >= 11 is 8.80. The van der Waals surface area contributed by atoms with Crippen molar-refractivity contribution in [2.24, 2.45) is 0 Å². The molecule has 0 spiro atoms. The van der Waals surface area contributed by atoms with E-state index in [0.29, 0.717) is 9.75 Å². The lowest BCUT2D eigenvalue weighted by molar-refractivity contribution is 0.103. The molecule has 0 fully saturated rings. The minimum Gasteiger partial charge on any atom is -0.289 e. The van der Waals surface area contributed by atoms with E-state index in [4.69, 9.17) is 0 Å². The maximum Gasteiger partial charge on any atom is 0.194 e. The molecule has 131 heavy (non-hydrogen) atoms. The maximum absolute atomic E-state index is 15.8. The number of allylic oxidation sites excluding steroid dienone is 6. The number of carbonyl (C=O) groups excluding carboxylic acids is 2. The first-order valence-electron chi connectivity index (χ1n) is 49.4. The fraction of sp³-hybridized carbons (Fsp3) is 0.431. The van der Waals surface area contributed by atoms with Gasteiger partial charge in [0, 0.05) is 64.6 Å². The molecule has 0 saturated heterocycles. The summed E-state index contributed by atoms with van der Waals surface area (Å²) in [6.45, 7) is 18.2. The summed E-state index contributed by atoms with van der Waals surface area (Å²) in [6.07, 6.45) is 45.9. The first-order chi connectivity index (χ1) is 63.9. The highest BCUT2D eigenvalue weighted by atomic mass is 32.1. The Hall–Kier alpha value is -9.68. The van der Waals surface area contributed by atoms with Crippen LogP contribution in [0.15, 0.2) is 131 Å². The Kier molecular flexibility index (Phi) is 32.2. The van der Waals surface area contributed by atoms with Gasteiger partial charge in [0.25, 0.3) is 0 Å². The van der Waals surface area contributed by atoms with E-state index in [2.05, 4.69) is 152 Å². The lowest BCUT2D eigenvalue weighted by atomic mass is 9.65. The molecular formula is C116H124F4N4O2S5. The van der Waals surface area contributed by atoms with Crippen LogP contribution in [-0.4, -0.2) is 11.6 Å². The number of nitrogens with zero attached hydrogens (tertiary/aromatic N) is 4. The first-order valence-corrected chi connectivity index (χ1v) is 53.5. The molecule has 0 aliphatic heterocycles. The van der Waals surface area contributed by atoms with E-state index in [1.165, 1.54) is 103 Å².